The summed E-state index contributed by atoms with van der Waals surface area (Å²) in [5.74, 6) is 1.33. The molecule has 0 unspecified atom stereocenters. The van der Waals surface area contributed by atoms with Crippen molar-refractivity contribution in [3.63, 3.8) is 0 Å². The van der Waals surface area contributed by atoms with Gasteiger partial charge in [-0.3, -0.25) is 9.69 Å². The molecule has 1 aromatic carbocycles. The molecule has 1 aliphatic heterocycles. The van der Waals surface area contributed by atoms with Gasteiger partial charge in [-0.2, -0.15) is 0 Å². The number of ether oxygens (including phenoxy) is 2. The monoisotopic (exact) mass is 374 g/mol. The predicted octanol–water partition coefficient (Wildman–Crippen LogP) is 4.09. The lowest BCUT2D eigenvalue weighted by Gasteiger charge is -2.37. The molecule has 0 spiro atoms. The Morgan fingerprint density at radius 1 is 1.19 bits per heavy atom. The number of nitrogens with zero attached hydrogens (tertiary/aromatic N) is 1. The zero-order chi connectivity index (χ0) is 19.1. The van der Waals surface area contributed by atoms with Crippen LogP contribution in [-0.4, -0.2) is 49.8 Å². The first-order chi connectivity index (χ1) is 13.1. The fourth-order valence-electron chi connectivity index (χ4n) is 4.34. The second-order valence-corrected chi connectivity index (χ2v) is 8.13. The maximum atomic E-state index is 12.8. The first-order valence-electron chi connectivity index (χ1n) is 10.4. The lowest BCUT2D eigenvalue weighted by Crippen LogP contribution is -2.47. The number of anilines is 1. The average Bonchev–Trinajstić information content (AvgIpc) is 2.70. The highest BCUT2D eigenvalue weighted by molar-refractivity contribution is 5.97. The summed E-state index contributed by atoms with van der Waals surface area (Å²) in [4.78, 5) is 15.3. The topological polar surface area (TPSA) is 50.8 Å². The van der Waals surface area contributed by atoms with Gasteiger partial charge in [-0.05, 0) is 75.4 Å². The normalized spacial score (nSPS) is 26.5. The van der Waals surface area contributed by atoms with E-state index < -0.39 is 5.60 Å². The van der Waals surface area contributed by atoms with Crippen LogP contribution in [-0.2, 0) is 9.53 Å². The van der Waals surface area contributed by atoms with E-state index in [0.717, 1.165) is 37.2 Å². The molecule has 1 N–H and O–H groups in total. The Morgan fingerprint density at radius 2 is 1.93 bits per heavy atom. The first-order valence-corrected chi connectivity index (χ1v) is 10.4. The largest absolute Gasteiger partial charge is 0.492 e. The minimum atomic E-state index is -0.693. The smallest absolute Gasteiger partial charge is 0.256 e. The molecule has 1 heterocycles. The Kier molecular flexibility index (Phi) is 7.13. The van der Waals surface area contributed by atoms with Gasteiger partial charge in [0.15, 0.2) is 0 Å². The van der Waals surface area contributed by atoms with Gasteiger partial charge in [0.1, 0.15) is 18.0 Å². The molecule has 0 aromatic heterocycles. The van der Waals surface area contributed by atoms with Gasteiger partial charge < -0.3 is 14.8 Å². The number of carbonyl (C=O) groups is 1. The number of likely N-dealkylation sites (tertiary alicyclic amines) is 1. The van der Waals surface area contributed by atoms with Crippen LogP contribution in [0.2, 0.25) is 0 Å². The van der Waals surface area contributed by atoms with Gasteiger partial charge in [-0.25, -0.2) is 0 Å². The summed E-state index contributed by atoms with van der Waals surface area (Å²) in [5.41, 5.74) is 0.0967. The summed E-state index contributed by atoms with van der Waals surface area (Å²) in [6, 6.07) is 7.66. The van der Waals surface area contributed by atoms with Crippen molar-refractivity contribution < 1.29 is 14.3 Å². The molecule has 27 heavy (non-hydrogen) atoms. The molecule has 2 aliphatic rings. The maximum Gasteiger partial charge on any atom is 0.256 e. The molecule has 1 amide bonds. The molecule has 0 bridgehead atoms. The first kappa shape index (κ1) is 20.2. The van der Waals surface area contributed by atoms with E-state index in [-0.39, 0.29) is 5.91 Å². The van der Waals surface area contributed by atoms with E-state index in [1.54, 1.807) is 7.11 Å². The van der Waals surface area contributed by atoms with Crippen LogP contribution in [0.1, 0.15) is 51.9 Å². The molecule has 0 radical (unpaired) electrons. The molecule has 2 atom stereocenters. The third-order valence-corrected chi connectivity index (χ3v) is 6.00. The molecular weight excluding hydrogens is 340 g/mol. The fraction of sp³-hybridized carbons (Fsp3) is 0.682. The number of piperidine rings is 1. The quantitative estimate of drug-likeness (QED) is 0.781. The van der Waals surface area contributed by atoms with E-state index in [0.29, 0.717) is 12.5 Å². The Hall–Kier alpha value is -1.59. The van der Waals surface area contributed by atoms with Gasteiger partial charge in [0, 0.05) is 19.3 Å². The van der Waals surface area contributed by atoms with E-state index in [1.165, 1.54) is 38.8 Å². The van der Waals surface area contributed by atoms with Crippen LogP contribution >= 0.6 is 0 Å². The Bertz CT molecular complexity index is 598. The number of rotatable bonds is 7. The summed E-state index contributed by atoms with van der Waals surface area (Å²) < 4.78 is 11.5. The van der Waals surface area contributed by atoms with E-state index in [4.69, 9.17) is 9.47 Å². The molecule has 1 saturated heterocycles. The summed E-state index contributed by atoms with van der Waals surface area (Å²) >= 11 is 0. The Morgan fingerprint density at radius 3 is 2.59 bits per heavy atom. The molecule has 150 valence electrons. The highest BCUT2D eigenvalue weighted by Crippen LogP contribution is 2.35. The third kappa shape index (κ3) is 5.45. The molecule has 2 fully saturated rings. The van der Waals surface area contributed by atoms with Crippen LogP contribution in [0.25, 0.3) is 0 Å². The fourth-order valence-corrected chi connectivity index (χ4v) is 4.34. The van der Waals surface area contributed by atoms with Crippen molar-refractivity contribution in [2.45, 2.75) is 57.5 Å². The van der Waals surface area contributed by atoms with Crippen LogP contribution < -0.4 is 10.1 Å². The van der Waals surface area contributed by atoms with Gasteiger partial charge in [0.25, 0.3) is 5.91 Å². The summed E-state index contributed by atoms with van der Waals surface area (Å²) in [7, 11) is 1.65. The highest BCUT2D eigenvalue weighted by Gasteiger charge is 2.41. The van der Waals surface area contributed by atoms with E-state index >= 15 is 0 Å². The van der Waals surface area contributed by atoms with Crippen LogP contribution in [0, 0.1) is 5.92 Å². The van der Waals surface area contributed by atoms with Crippen molar-refractivity contribution in [1.82, 2.24) is 4.90 Å². The molecule has 1 saturated carbocycles. The zero-order valence-corrected chi connectivity index (χ0v) is 16.8. The van der Waals surface area contributed by atoms with Gasteiger partial charge in [0.05, 0.1) is 0 Å². The van der Waals surface area contributed by atoms with Crippen LogP contribution in [0.4, 0.5) is 5.69 Å². The van der Waals surface area contributed by atoms with Gasteiger partial charge in [-0.15, -0.1) is 0 Å². The SMILES string of the molecule is CO[C@@]1(C(=O)Nc2ccc(OCCN3CCCCC3)cc2)CCC[C@@H](C)C1. The van der Waals surface area contributed by atoms with E-state index in [1.807, 2.05) is 24.3 Å². The molecule has 1 aromatic rings. The minimum Gasteiger partial charge on any atom is -0.492 e. The molecule has 1 aliphatic carbocycles. The van der Waals surface area contributed by atoms with Crippen molar-refractivity contribution in [2.75, 3.05) is 38.7 Å². The summed E-state index contributed by atoms with van der Waals surface area (Å²) in [5, 5.41) is 3.03. The van der Waals surface area contributed by atoms with E-state index in [2.05, 4.69) is 17.1 Å². The number of hydrogen-bond donors (Lipinski definition) is 1. The van der Waals surface area contributed by atoms with Gasteiger partial charge >= 0.3 is 0 Å². The van der Waals surface area contributed by atoms with Crippen molar-refractivity contribution >= 4 is 11.6 Å². The average molecular weight is 375 g/mol. The van der Waals surface area contributed by atoms with Crippen LogP contribution in [0.15, 0.2) is 24.3 Å². The lowest BCUT2D eigenvalue weighted by molar-refractivity contribution is -0.143. The number of amides is 1. The number of nitrogens with one attached hydrogen (secondary N) is 1. The highest BCUT2D eigenvalue weighted by atomic mass is 16.5. The standard InChI is InChI=1S/C22H34N2O3/c1-18-7-6-12-22(17-18,26-2)21(25)23-19-8-10-20(11-9-19)27-16-15-24-13-4-3-5-14-24/h8-11,18H,3-7,12-17H2,1-2H3,(H,23,25)/t18-,22+/m1/s1. The number of hydrogen-bond acceptors (Lipinski definition) is 4. The number of carbonyl (C=O) groups excluding carboxylic acids is 1. The Balaban J connectivity index is 1.48. The van der Waals surface area contributed by atoms with Gasteiger partial charge in [-0.1, -0.05) is 19.8 Å². The molecule has 5 nitrogen and oxygen atoms in total. The second-order valence-electron chi connectivity index (χ2n) is 8.13. The Labute approximate surface area is 163 Å². The zero-order valence-electron chi connectivity index (χ0n) is 16.8. The van der Waals surface area contributed by atoms with Crippen LogP contribution in [0.3, 0.4) is 0 Å². The van der Waals surface area contributed by atoms with Crippen LogP contribution in [0.5, 0.6) is 5.75 Å². The predicted molar refractivity (Wildman–Crippen MR) is 108 cm³/mol. The second kappa shape index (κ2) is 9.56. The number of methoxy groups -OCH3 is 1. The maximum absolute atomic E-state index is 12.8. The van der Waals surface area contributed by atoms with Crippen molar-refractivity contribution in [1.29, 1.82) is 0 Å². The van der Waals surface area contributed by atoms with E-state index in [9.17, 15) is 4.79 Å². The van der Waals surface area contributed by atoms with Gasteiger partial charge in [0.2, 0.25) is 0 Å². The molecular formula is C22H34N2O3. The molecule has 5 heteroatoms. The summed E-state index contributed by atoms with van der Waals surface area (Å²) in [6.07, 6.45) is 7.73. The number of benzene rings is 1. The minimum absolute atomic E-state index is 0.0321. The lowest BCUT2D eigenvalue weighted by atomic mass is 9.78. The van der Waals surface area contributed by atoms with Crippen molar-refractivity contribution in [3.8, 4) is 5.75 Å². The van der Waals surface area contributed by atoms with Crippen molar-refractivity contribution in [3.05, 3.63) is 24.3 Å². The van der Waals surface area contributed by atoms with Crippen molar-refractivity contribution in [2.24, 2.45) is 5.92 Å². The third-order valence-electron chi connectivity index (χ3n) is 6.00. The summed E-state index contributed by atoms with van der Waals surface area (Å²) in [6.45, 7) is 6.25. The molecule has 3 rings (SSSR count).